The van der Waals surface area contributed by atoms with Gasteiger partial charge >= 0.3 is 0 Å². The van der Waals surface area contributed by atoms with Crippen LogP contribution in [0.1, 0.15) is 11.1 Å². The van der Waals surface area contributed by atoms with E-state index in [1.165, 1.54) is 11.1 Å². The Morgan fingerprint density at radius 2 is 1.93 bits per heavy atom. The van der Waals surface area contributed by atoms with Gasteiger partial charge in [0.25, 0.3) is 0 Å². The van der Waals surface area contributed by atoms with Crippen LogP contribution >= 0.6 is 0 Å². The minimum Gasteiger partial charge on any atom is -0.497 e. The van der Waals surface area contributed by atoms with E-state index in [1.807, 2.05) is 36.4 Å². The number of anilines is 1. The molecule has 0 saturated carbocycles. The van der Waals surface area contributed by atoms with Crippen molar-refractivity contribution in [1.29, 1.82) is 0 Å². The van der Waals surface area contributed by atoms with E-state index < -0.39 is 0 Å². The lowest BCUT2D eigenvalue weighted by atomic mass is 9.95. The average molecular weight is 365 g/mol. The Morgan fingerprint density at radius 1 is 1.11 bits per heavy atom. The first kappa shape index (κ1) is 17.5. The molecule has 4 rings (SSSR count). The largest absolute Gasteiger partial charge is 0.497 e. The number of piperazine rings is 1. The van der Waals surface area contributed by atoms with Crippen molar-refractivity contribution >= 4 is 17.5 Å². The van der Waals surface area contributed by atoms with E-state index in [-0.39, 0.29) is 24.4 Å². The molecule has 2 aliphatic heterocycles. The van der Waals surface area contributed by atoms with Crippen LogP contribution in [-0.2, 0) is 22.6 Å². The molecule has 0 bridgehead atoms. The number of benzene rings is 2. The molecule has 0 aliphatic carbocycles. The monoisotopic (exact) mass is 365 g/mol. The maximum absolute atomic E-state index is 12.9. The van der Waals surface area contributed by atoms with Gasteiger partial charge < -0.3 is 19.9 Å². The molecule has 6 heteroatoms. The second kappa shape index (κ2) is 7.40. The lowest BCUT2D eigenvalue weighted by Crippen LogP contribution is -2.57. The van der Waals surface area contributed by atoms with Crippen molar-refractivity contribution in [1.82, 2.24) is 10.2 Å². The molecule has 6 nitrogen and oxygen atoms in total. The van der Waals surface area contributed by atoms with Crippen LogP contribution in [0, 0.1) is 0 Å². The Kier molecular flexibility index (Phi) is 4.81. The molecule has 0 radical (unpaired) electrons. The van der Waals surface area contributed by atoms with E-state index in [0.717, 1.165) is 5.69 Å². The van der Waals surface area contributed by atoms with Gasteiger partial charge in [-0.25, -0.2) is 0 Å². The summed E-state index contributed by atoms with van der Waals surface area (Å²) in [5, 5.41) is 3.31. The van der Waals surface area contributed by atoms with Gasteiger partial charge in [0.1, 0.15) is 12.3 Å². The van der Waals surface area contributed by atoms with E-state index in [2.05, 4.69) is 17.4 Å². The Bertz CT molecular complexity index is 867. The number of methoxy groups -OCH3 is 1. The third kappa shape index (κ3) is 3.53. The van der Waals surface area contributed by atoms with Crippen LogP contribution in [0.4, 0.5) is 5.69 Å². The summed E-state index contributed by atoms with van der Waals surface area (Å²) in [6.45, 7) is 1.81. The Labute approximate surface area is 158 Å². The normalized spacial score (nSPS) is 19.6. The van der Waals surface area contributed by atoms with Crippen molar-refractivity contribution in [3.8, 4) is 5.75 Å². The molecule has 0 unspecified atom stereocenters. The van der Waals surface area contributed by atoms with E-state index >= 15 is 0 Å². The van der Waals surface area contributed by atoms with Crippen LogP contribution in [0.25, 0.3) is 0 Å². The summed E-state index contributed by atoms with van der Waals surface area (Å²) in [6.07, 6.45) is 0.666. The summed E-state index contributed by atoms with van der Waals surface area (Å²) in [5.41, 5.74) is 3.24. The Morgan fingerprint density at radius 3 is 2.70 bits per heavy atom. The first-order valence-electron chi connectivity index (χ1n) is 9.19. The van der Waals surface area contributed by atoms with Gasteiger partial charge in [0.05, 0.1) is 13.2 Å². The van der Waals surface area contributed by atoms with Gasteiger partial charge in [-0.15, -0.1) is 0 Å². The highest BCUT2D eigenvalue weighted by Crippen LogP contribution is 2.23. The van der Waals surface area contributed by atoms with Crippen LogP contribution < -0.4 is 15.0 Å². The standard InChI is InChI=1S/C21H23N3O3/c1-27-18-8-4-7-17(12-18)24-10-9-23(14-20(24)25)21(26)19-11-15-5-2-3-6-16(15)13-22-19/h2-8,12,19,22H,9-11,13-14H2,1H3/t19-/m1/s1. The van der Waals surface area contributed by atoms with E-state index in [4.69, 9.17) is 4.74 Å². The van der Waals surface area contributed by atoms with Gasteiger partial charge in [0, 0.05) is 31.4 Å². The van der Waals surface area contributed by atoms with Crippen molar-refractivity contribution in [3.63, 3.8) is 0 Å². The zero-order chi connectivity index (χ0) is 18.8. The molecular weight excluding hydrogens is 342 g/mol. The molecule has 1 saturated heterocycles. The fourth-order valence-electron chi connectivity index (χ4n) is 3.76. The van der Waals surface area contributed by atoms with Crippen LogP contribution in [0.5, 0.6) is 5.75 Å². The average Bonchev–Trinajstić information content (AvgIpc) is 2.72. The first-order chi connectivity index (χ1) is 13.2. The van der Waals surface area contributed by atoms with Crippen LogP contribution in [0.3, 0.4) is 0 Å². The third-order valence-electron chi connectivity index (χ3n) is 5.28. The van der Waals surface area contributed by atoms with Crippen LogP contribution in [0.15, 0.2) is 48.5 Å². The third-order valence-corrected chi connectivity index (χ3v) is 5.28. The van der Waals surface area contributed by atoms with Gasteiger partial charge in [0.2, 0.25) is 11.8 Å². The molecule has 0 spiro atoms. The summed E-state index contributed by atoms with van der Waals surface area (Å²) < 4.78 is 5.24. The SMILES string of the molecule is COc1cccc(N2CCN(C(=O)[C@H]3Cc4ccccc4CN3)CC2=O)c1. The zero-order valence-electron chi connectivity index (χ0n) is 15.4. The van der Waals surface area contributed by atoms with Gasteiger partial charge in [-0.3, -0.25) is 9.59 Å². The molecular formula is C21H23N3O3. The fourth-order valence-corrected chi connectivity index (χ4v) is 3.76. The molecule has 2 aliphatic rings. The van der Waals surface area contributed by atoms with Gasteiger partial charge in [-0.2, -0.15) is 0 Å². The van der Waals surface area contributed by atoms with Gasteiger partial charge in [-0.05, 0) is 29.7 Å². The highest BCUT2D eigenvalue weighted by Gasteiger charge is 2.33. The zero-order valence-corrected chi connectivity index (χ0v) is 15.4. The van der Waals surface area contributed by atoms with E-state index in [9.17, 15) is 9.59 Å². The number of nitrogens with zero attached hydrogens (tertiary/aromatic N) is 2. The minimum atomic E-state index is -0.268. The predicted octanol–water partition coefficient (Wildman–Crippen LogP) is 1.58. The number of amides is 2. The molecule has 2 aromatic rings. The molecule has 1 fully saturated rings. The number of ether oxygens (including phenoxy) is 1. The van der Waals surface area contributed by atoms with Crippen molar-refractivity contribution < 1.29 is 14.3 Å². The Balaban J connectivity index is 1.42. The number of fused-ring (bicyclic) bond motifs is 1. The lowest BCUT2D eigenvalue weighted by Gasteiger charge is -2.37. The molecule has 27 heavy (non-hydrogen) atoms. The second-order valence-corrected chi connectivity index (χ2v) is 6.91. The number of hydrogen-bond donors (Lipinski definition) is 1. The molecule has 0 aromatic heterocycles. The van der Waals surface area contributed by atoms with Gasteiger partial charge in [-0.1, -0.05) is 30.3 Å². The number of carbonyl (C=O) groups excluding carboxylic acids is 2. The number of hydrogen-bond acceptors (Lipinski definition) is 4. The summed E-state index contributed by atoms with van der Waals surface area (Å²) >= 11 is 0. The summed E-state index contributed by atoms with van der Waals surface area (Å²) in [7, 11) is 1.60. The van der Waals surface area contributed by atoms with Crippen LogP contribution in [-0.4, -0.2) is 49.5 Å². The summed E-state index contributed by atoms with van der Waals surface area (Å²) in [5.74, 6) is 0.645. The number of nitrogens with one attached hydrogen (secondary N) is 1. The summed E-state index contributed by atoms with van der Waals surface area (Å²) in [4.78, 5) is 29.0. The number of rotatable bonds is 3. The van der Waals surface area contributed by atoms with Crippen molar-refractivity contribution in [2.45, 2.75) is 19.0 Å². The highest BCUT2D eigenvalue weighted by molar-refractivity contribution is 5.98. The smallest absolute Gasteiger partial charge is 0.246 e. The topological polar surface area (TPSA) is 61.9 Å². The van der Waals surface area contributed by atoms with Crippen molar-refractivity contribution in [2.24, 2.45) is 0 Å². The molecule has 2 heterocycles. The molecule has 1 atom stereocenters. The highest BCUT2D eigenvalue weighted by atomic mass is 16.5. The van der Waals surface area contributed by atoms with E-state index in [1.54, 1.807) is 16.9 Å². The fraction of sp³-hybridized carbons (Fsp3) is 0.333. The molecule has 2 amide bonds. The van der Waals surface area contributed by atoms with Crippen molar-refractivity contribution in [3.05, 3.63) is 59.7 Å². The minimum absolute atomic E-state index is 0.00291. The second-order valence-electron chi connectivity index (χ2n) is 6.91. The number of carbonyl (C=O) groups is 2. The van der Waals surface area contributed by atoms with Crippen molar-refractivity contribution in [2.75, 3.05) is 31.6 Å². The summed E-state index contributed by atoms with van der Waals surface area (Å²) in [6, 6.07) is 15.3. The first-order valence-corrected chi connectivity index (χ1v) is 9.19. The predicted molar refractivity (Wildman–Crippen MR) is 103 cm³/mol. The van der Waals surface area contributed by atoms with E-state index in [0.29, 0.717) is 31.8 Å². The van der Waals surface area contributed by atoms with Crippen LogP contribution in [0.2, 0.25) is 0 Å². The maximum Gasteiger partial charge on any atom is 0.246 e. The quantitative estimate of drug-likeness (QED) is 0.897. The molecule has 2 aromatic carbocycles. The maximum atomic E-state index is 12.9. The lowest BCUT2D eigenvalue weighted by molar-refractivity contribution is -0.138. The van der Waals surface area contributed by atoms with Gasteiger partial charge in [0.15, 0.2) is 0 Å². The molecule has 140 valence electrons. The Hall–Kier alpha value is -2.86. The molecule has 1 N–H and O–H groups in total.